The van der Waals surface area contributed by atoms with Crippen molar-refractivity contribution in [3.63, 3.8) is 0 Å². The van der Waals surface area contributed by atoms with E-state index in [2.05, 4.69) is 4.98 Å². The van der Waals surface area contributed by atoms with Crippen LogP contribution in [0.3, 0.4) is 0 Å². The summed E-state index contributed by atoms with van der Waals surface area (Å²) in [4.78, 5) is 5.24. The lowest BCUT2D eigenvalue weighted by Gasteiger charge is -2.43. The summed E-state index contributed by atoms with van der Waals surface area (Å²) in [6, 6.07) is 0. The van der Waals surface area contributed by atoms with Crippen LogP contribution in [0.1, 0.15) is 17.7 Å². The molecule has 0 amide bonds. The molecule has 0 radical (unpaired) electrons. The molecule has 0 saturated heterocycles. The second-order valence-corrected chi connectivity index (χ2v) is 4.73. The van der Waals surface area contributed by atoms with Crippen molar-refractivity contribution in [2.24, 2.45) is 5.73 Å². The van der Waals surface area contributed by atoms with Crippen LogP contribution in [0.25, 0.3) is 0 Å². The van der Waals surface area contributed by atoms with E-state index in [1.165, 1.54) is 11.3 Å². The van der Waals surface area contributed by atoms with Crippen molar-refractivity contribution in [2.75, 3.05) is 13.7 Å². The van der Waals surface area contributed by atoms with Gasteiger partial charge in [0.1, 0.15) is 0 Å². The van der Waals surface area contributed by atoms with Gasteiger partial charge in [0, 0.05) is 23.0 Å². The number of nitrogens with two attached hydrogens (primary N) is 1. The molecule has 1 aliphatic rings. The Balaban J connectivity index is 2.20. The summed E-state index contributed by atoms with van der Waals surface area (Å²) in [6.45, 7) is 0.565. The van der Waals surface area contributed by atoms with Crippen LogP contribution in [0.4, 0.5) is 0 Å². The van der Waals surface area contributed by atoms with Crippen LogP contribution >= 0.6 is 11.3 Å². The van der Waals surface area contributed by atoms with Crippen LogP contribution in [0.5, 0.6) is 5.19 Å². The molecular formula is C9H14N2O2S. The molecule has 1 saturated carbocycles. The third-order valence-corrected chi connectivity index (χ3v) is 4.03. The van der Waals surface area contributed by atoms with Gasteiger partial charge in [-0.05, 0) is 12.8 Å². The van der Waals surface area contributed by atoms with Gasteiger partial charge in [0.05, 0.1) is 13.2 Å². The van der Waals surface area contributed by atoms with E-state index >= 15 is 0 Å². The van der Waals surface area contributed by atoms with Crippen LogP contribution in [0, 0.1) is 0 Å². The highest BCUT2D eigenvalue weighted by Gasteiger charge is 2.45. The van der Waals surface area contributed by atoms with Gasteiger partial charge >= 0.3 is 0 Å². The zero-order valence-corrected chi connectivity index (χ0v) is 8.88. The van der Waals surface area contributed by atoms with Crippen molar-refractivity contribution in [3.8, 4) is 5.19 Å². The molecule has 0 aromatic carbocycles. The van der Waals surface area contributed by atoms with Crippen molar-refractivity contribution in [1.82, 2.24) is 4.98 Å². The fourth-order valence-corrected chi connectivity index (χ4v) is 2.86. The van der Waals surface area contributed by atoms with Crippen LogP contribution in [-0.2, 0) is 5.41 Å². The smallest absolute Gasteiger partial charge is 0.273 e. The zero-order chi connectivity index (χ0) is 10.2. The lowest BCUT2D eigenvalue weighted by atomic mass is 9.66. The number of thiazole rings is 1. The van der Waals surface area contributed by atoms with Gasteiger partial charge in [-0.25, -0.2) is 4.98 Å². The second kappa shape index (κ2) is 3.49. The molecule has 3 N–H and O–H groups in total. The summed E-state index contributed by atoms with van der Waals surface area (Å²) < 4.78 is 5.03. The highest BCUT2D eigenvalue weighted by atomic mass is 32.1. The molecule has 1 aromatic rings. The van der Waals surface area contributed by atoms with Gasteiger partial charge in [-0.2, -0.15) is 0 Å². The Morgan fingerprint density at radius 1 is 1.79 bits per heavy atom. The number of aromatic nitrogens is 1. The third-order valence-electron chi connectivity index (χ3n) is 2.83. The summed E-state index contributed by atoms with van der Waals surface area (Å²) in [7, 11) is 1.60. The number of rotatable bonds is 3. The minimum absolute atomic E-state index is 0.0478. The minimum atomic E-state index is -0.202. The van der Waals surface area contributed by atoms with Crippen molar-refractivity contribution in [2.45, 2.75) is 24.4 Å². The van der Waals surface area contributed by atoms with Gasteiger partial charge < -0.3 is 15.6 Å². The maximum Gasteiger partial charge on any atom is 0.273 e. The van der Waals surface area contributed by atoms with E-state index in [0.29, 0.717) is 11.7 Å². The van der Waals surface area contributed by atoms with Gasteiger partial charge in [-0.3, -0.25) is 0 Å². The first-order valence-corrected chi connectivity index (χ1v) is 5.40. The standard InChI is InChI=1S/C9H14N2O2S/c1-13-8-11-4-7(14-8)9(5-10)2-6(12)3-9/h4,6,12H,2-3,5,10H2,1H3. The van der Waals surface area contributed by atoms with E-state index in [4.69, 9.17) is 10.5 Å². The number of nitrogens with zero attached hydrogens (tertiary/aromatic N) is 1. The van der Waals surface area contributed by atoms with Crippen molar-refractivity contribution in [3.05, 3.63) is 11.1 Å². The van der Waals surface area contributed by atoms with Gasteiger partial charge in [-0.15, -0.1) is 0 Å². The van der Waals surface area contributed by atoms with Gasteiger partial charge in [0.25, 0.3) is 5.19 Å². The SMILES string of the molecule is COc1ncc(C2(CN)CC(O)C2)s1. The fourth-order valence-electron chi connectivity index (χ4n) is 1.91. The molecule has 0 aliphatic heterocycles. The average Bonchev–Trinajstić information content (AvgIpc) is 2.61. The number of hydrogen-bond acceptors (Lipinski definition) is 5. The monoisotopic (exact) mass is 214 g/mol. The largest absolute Gasteiger partial charge is 0.473 e. The normalized spacial score (nSPS) is 31.2. The van der Waals surface area contributed by atoms with Crippen LogP contribution in [0.15, 0.2) is 6.20 Å². The first kappa shape index (κ1) is 9.89. The average molecular weight is 214 g/mol. The Kier molecular flexibility index (Phi) is 2.47. The molecular weight excluding hydrogens is 200 g/mol. The predicted molar refractivity (Wildman–Crippen MR) is 54.6 cm³/mol. The topological polar surface area (TPSA) is 68.4 Å². The number of ether oxygens (including phenoxy) is 1. The van der Waals surface area contributed by atoms with Gasteiger partial charge in [-0.1, -0.05) is 11.3 Å². The highest BCUT2D eigenvalue weighted by molar-refractivity contribution is 7.13. The molecule has 0 atom stereocenters. The molecule has 2 rings (SSSR count). The molecule has 0 spiro atoms. The second-order valence-electron chi connectivity index (χ2n) is 3.74. The summed E-state index contributed by atoms with van der Waals surface area (Å²) in [5, 5.41) is 10.00. The molecule has 1 fully saturated rings. The Morgan fingerprint density at radius 2 is 2.50 bits per heavy atom. The Hall–Kier alpha value is -0.650. The molecule has 4 nitrogen and oxygen atoms in total. The molecule has 0 bridgehead atoms. The number of aliphatic hydroxyl groups excluding tert-OH is 1. The first-order chi connectivity index (χ1) is 6.70. The lowest BCUT2D eigenvalue weighted by Crippen LogP contribution is -2.49. The van der Waals surface area contributed by atoms with E-state index in [-0.39, 0.29) is 11.5 Å². The Bertz CT molecular complexity index is 320. The predicted octanol–water partition coefficient (Wildman–Crippen LogP) is 0.503. The number of hydrogen-bond donors (Lipinski definition) is 2. The van der Waals surface area contributed by atoms with Gasteiger partial charge in [0.2, 0.25) is 0 Å². The van der Waals surface area contributed by atoms with E-state index in [9.17, 15) is 5.11 Å². The molecule has 14 heavy (non-hydrogen) atoms. The zero-order valence-electron chi connectivity index (χ0n) is 8.06. The highest BCUT2D eigenvalue weighted by Crippen LogP contribution is 2.46. The summed E-state index contributed by atoms with van der Waals surface area (Å²) in [5.41, 5.74) is 5.69. The van der Waals surface area contributed by atoms with Crippen LogP contribution in [0.2, 0.25) is 0 Å². The maximum absolute atomic E-state index is 9.34. The van der Waals surface area contributed by atoms with E-state index in [0.717, 1.165) is 17.7 Å². The molecule has 78 valence electrons. The van der Waals surface area contributed by atoms with Crippen LogP contribution < -0.4 is 10.5 Å². The molecule has 1 aliphatic carbocycles. The Labute approximate surface area is 86.7 Å². The third kappa shape index (κ3) is 1.41. The number of methoxy groups -OCH3 is 1. The molecule has 0 unspecified atom stereocenters. The summed E-state index contributed by atoms with van der Waals surface area (Å²) in [5.74, 6) is 0. The van der Waals surface area contributed by atoms with Crippen molar-refractivity contribution < 1.29 is 9.84 Å². The van der Waals surface area contributed by atoms with Crippen LogP contribution in [-0.4, -0.2) is 29.8 Å². The first-order valence-electron chi connectivity index (χ1n) is 4.58. The van der Waals surface area contributed by atoms with Crippen molar-refractivity contribution >= 4 is 11.3 Å². The quantitative estimate of drug-likeness (QED) is 0.769. The molecule has 1 aromatic heterocycles. The molecule has 5 heteroatoms. The lowest BCUT2D eigenvalue weighted by molar-refractivity contribution is 0.0238. The Morgan fingerprint density at radius 3 is 2.93 bits per heavy atom. The summed E-state index contributed by atoms with van der Waals surface area (Å²) in [6.07, 6.45) is 3.10. The molecule has 1 heterocycles. The summed E-state index contributed by atoms with van der Waals surface area (Å²) >= 11 is 1.52. The maximum atomic E-state index is 9.34. The van der Waals surface area contributed by atoms with Crippen molar-refractivity contribution in [1.29, 1.82) is 0 Å². The number of aliphatic hydroxyl groups is 1. The minimum Gasteiger partial charge on any atom is -0.473 e. The fraction of sp³-hybridized carbons (Fsp3) is 0.667. The van der Waals surface area contributed by atoms with E-state index in [1.807, 2.05) is 6.20 Å². The van der Waals surface area contributed by atoms with Gasteiger partial charge in [0.15, 0.2) is 0 Å². The van der Waals surface area contributed by atoms with E-state index in [1.54, 1.807) is 7.11 Å². The van der Waals surface area contributed by atoms with E-state index < -0.39 is 0 Å².